The van der Waals surface area contributed by atoms with Crippen LogP contribution in [0.25, 0.3) is 0 Å². The molecule has 3 heteroatoms. The molecule has 0 aliphatic heterocycles. The van der Waals surface area contributed by atoms with E-state index in [9.17, 15) is 4.39 Å². The number of terminal acetylenes is 1. The van der Waals surface area contributed by atoms with Gasteiger partial charge in [0.1, 0.15) is 5.82 Å². The van der Waals surface area contributed by atoms with Gasteiger partial charge in [-0.15, -0.1) is 6.42 Å². The van der Waals surface area contributed by atoms with Crippen molar-refractivity contribution in [1.29, 1.82) is 0 Å². The Kier molecular flexibility index (Phi) is 3.88. The van der Waals surface area contributed by atoms with Gasteiger partial charge in [-0.25, -0.2) is 4.39 Å². The smallest absolute Gasteiger partial charge is 0.146 e. The third-order valence-electron chi connectivity index (χ3n) is 3.30. The second-order valence-electron chi connectivity index (χ2n) is 5.03. The van der Waals surface area contributed by atoms with Gasteiger partial charge in [0.15, 0.2) is 0 Å². The predicted molar refractivity (Wildman–Crippen MR) is 72.8 cm³/mol. The SMILES string of the molecule is C#CCN(CC1CC1)c1ccc(C(C)N)cc1F. The summed E-state index contributed by atoms with van der Waals surface area (Å²) in [5, 5.41) is 0. The van der Waals surface area contributed by atoms with Crippen LogP contribution in [0.2, 0.25) is 0 Å². The summed E-state index contributed by atoms with van der Waals surface area (Å²) in [6.07, 6.45) is 7.80. The number of halogens is 1. The van der Waals surface area contributed by atoms with E-state index in [0.717, 1.165) is 12.1 Å². The summed E-state index contributed by atoms with van der Waals surface area (Å²) in [4.78, 5) is 1.94. The predicted octanol–water partition coefficient (Wildman–Crippen LogP) is 2.70. The average Bonchev–Trinajstić information content (AvgIpc) is 3.12. The standard InChI is InChI=1S/C15H19FN2/c1-3-8-18(10-12-4-5-12)15-7-6-13(11(2)17)9-14(15)16/h1,6-7,9,11-12H,4-5,8,10,17H2,2H3. The van der Waals surface area contributed by atoms with Crippen molar-refractivity contribution in [2.75, 3.05) is 18.0 Å². The zero-order chi connectivity index (χ0) is 13.1. The first-order chi connectivity index (χ1) is 8.61. The van der Waals surface area contributed by atoms with Crippen molar-refractivity contribution in [3.63, 3.8) is 0 Å². The first-order valence-electron chi connectivity index (χ1n) is 6.35. The third-order valence-corrected chi connectivity index (χ3v) is 3.30. The molecule has 2 N–H and O–H groups in total. The normalized spacial score (nSPS) is 16.1. The third kappa shape index (κ3) is 3.02. The lowest BCUT2D eigenvalue weighted by atomic mass is 10.1. The molecule has 2 rings (SSSR count). The van der Waals surface area contributed by atoms with Gasteiger partial charge in [-0.05, 0) is 43.4 Å². The molecule has 1 fully saturated rings. The highest BCUT2D eigenvalue weighted by Crippen LogP contribution is 2.32. The minimum absolute atomic E-state index is 0.155. The van der Waals surface area contributed by atoms with Gasteiger partial charge < -0.3 is 10.6 Å². The lowest BCUT2D eigenvalue weighted by molar-refractivity contribution is 0.611. The number of hydrogen-bond donors (Lipinski definition) is 1. The van der Waals surface area contributed by atoms with E-state index in [2.05, 4.69) is 5.92 Å². The number of nitrogens with two attached hydrogens (primary N) is 1. The van der Waals surface area contributed by atoms with Crippen LogP contribution >= 0.6 is 0 Å². The van der Waals surface area contributed by atoms with Crippen LogP contribution in [0.5, 0.6) is 0 Å². The van der Waals surface area contributed by atoms with E-state index >= 15 is 0 Å². The van der Waals surface area contributed by atoms with Crippen LogP contribution in [0, 0.1) is 24.1 Å². The molecule has 0 bridgehead atoms. The minimum atomic E-state index is -0.235. The molecule has 1 aromatic carbocycles. The molecule has 1 aliphatic rings. The minimum Gasteiger partial charge on any atom is -0.358 e. The van der Waals surface area contributed by atoms with Crippen molar-refractivity contribution in [3.05, 3.63) is 29.6 Å². The number of benzene rings is 1. The van der Waals surface area contributed by atoms with E-state index in [1.807, 2.05) is 17.9 Å². The van der Waals surface area contributed by atoms with Crippen molar-refractivity contribution >= 4 is 5.69 Å². The zero-order valence-electron chi connectivity index (χ0n) is 10.7. The molecule has 1 aliphatic carbocycles. The molecular formula is C15H19FN2. The Morgan fingerprint density at radius 3 is 2.78 bits per heavy atom. The van der Waals surface area contributed by atoms with Crippen LogP contribution in [0.4, 0.5) is 10.1 Å². The fourth-order valence-electron chi connectivity index (χ4n) is 2.03. The Bertz CT molecular complexity index is 458. The van der Waals surface area contributed by atoms with E-state index in [1.54, 1.807) is 6.07 Å². The molecule has 1 saturated carbocycles. The Labute approximate surface area is 108 Å². The Morgan fingerprint density at radius 1 is 1.56 bits per heavy atom. The van der Waals surface area contributed by atoms with Crippen molar-refractivity contribution < 1.29 is 4.39 Å². The first-order valence-corrected chi connectivity index (χ1v) is 6.35. The fourth-order valence-corrected chi connectivity index (χ4v) is 2.03. The topological polar surface area (TPSA) is 29.3 Å². The Balaban J connectivity index is 2.20. The van der Waals surface area contributed by atoms with Crippen molar-refractivity contribution in [2.24, 2.45) is 11.7 Å². The molecule has 0 radical (unpaired) electrons. The van der Waals surface area contributed by atoms with Gasteiger partial charge in [0.2, 0.25) is 0 Å². The number of rotatable bonds is 5. The van der Waals surface area contributed by atoms with E-state index in [1.165, 1.54) is 18.9 Å². The number of anilines is 1. The van der Waals surface area contributed by atoms with Gasteiger partial charge in [-0.1, -0.05) is 12.0 Å². The quantitative estimate of drug-likeness (QED) is 0.809. The van der Waals surface area contributed by atoms with Crippen molar-refractivity contribution in [2.45, 2.75) is 25.8 Å². The maximum absolute atomic E-state index is 14.1. The summed E-state index contributed by atoms with van der Waals surface area (Å²) in [6.45, 7) is 3.14. The summed E-state index contributed by atoms with van der Waals surface area (Å²) < 4.78 is 14.1. The Hall–Kier alpha value is -1.53. The second-order valence-corrected chi connectivity index (χ2v) is 5.03. The molecule has 0 spiro atoms. The van der Waals surface area contributed by atoms with E-state index < -0.39 is 0 Å². The average molecular weight is 246 g/mol. The van der Waals surface area contributed by atoms with E-state index in [-0.39, 0.29) is 11.9 Å². The van der Waals surface area contributed by atoms with Gasteiger partial charge in [-0.2, -0.15) is 0 Å². The van der Waals surface area contributed by atoms with Crippen LogP contribution < -0.4 is 10.6 Å². The van der Waals surface area contributed by atoms with E-state index in [4.69, 9.17) is 12.2 Å². The summed E-state index contributed by atoms with van der Waals surface area (Å²) in [6, 6.07) is 5.02. The van der Waals surface area contributed by atoms with Crippen LogP contribution in [0.15, 0.2) is 18.2 Å². The van der Waals surface area contributed by atoms with Gasteiger partial charge in [0.25, 0.3) is 0 Å². The summed E-state index contributed by atoms with van der Waals surface area (Å²) in [5.41, 5.74) is 7.14. The number of hydrogen-bond acceptors (Lipinski definition) is 2. The molecular weight excluding hydrogens is 227 g/mol. The van der Waals surface area contributed by atoms with Gasteiger partial charge in [-0.3, -0.25) is 0 Å². The van der Waals surface area contributed by atoms with Gasteiger partial charge in [0, 0.05) is 12.6 Å². The summed E-state index contributed by atoms with van der Waals surface area (Å²) in [5.74, 6) is 3.04. The van der Waals surface area contributed by atoms with Gasteiger partial charge in [0.05, 0.1) is 12.2 Å². The lowest BCUT2D eigenvalue weighted by Crippen LogP contribution is -2.27. The second kappa shape index (κ2) is 5.41. The first kappa shape index (κ1) is 12.9. The summed E-state index contributed by atoms with van der Waals surface area (Å²) in [7, 11) is 0. The molecule has 0 heterocycles. The highest BCUT2D eigenvalue weighted by Gasteiger charge is 2.25. The van der Waals surface area contributed by atoms with Gasteiger partial charge >= 0.3 is 0 Å². The number of nitrogens with zero attached hydrogens (tertiary/aromatic N) is 1. The zero-order valence-corrected chi connectivity index (χ0v) is 10.7. The molecule has 2 nitrogen and oxygen atoms in total. The maximum atomic E-state index is 14.1. The fraction of sp³-hybridized carbons (Fsp3) is 0.467. The van der Waals surface area contributed by atoms with Crippen molar-refractivity contribution in [3.8, 4) is 12.3 Å². The molecule has 96 valence electrons. The molecule has 0 saturated heterocycles. The highest BCUT2D eigenvalue weighted by atomic mass is 19.1. The Morgan fingerprint density at radius 2 is 2.28 bits per heavy atom. The van der Waals surface area contributed by atoms with Crippen LogP contribution in [0.1, 0.15) is 31.4 Å². The molecule has 1 unspecified atom stereocenters. The summed E-state index contributed by atoms with van der Waals surface area (Å²) >= 11 is 0. The van der Waals surface area contributed by atoms with Crippen LogP contribution in [-0.2, 0) is 0 Å². The van der Waals surface area contributed by atoms with Crippen LogP contribution in [-0.4, -0.2) is 13.1 Å². The molecule has 1 atom stereocenters. The van der Waals surface area contributed by atoms with Crippen molar-refractivity contribution in [1.82, 2.24) is 0 Å². The van der Waals surface area contributed by atoms with Crippen LogP contribution in [0.3, 0.4) is 0 Å². The lowest BCUT2D eigenvalue weighted by Gasteiger charge is -2.23. The van der Waals surface area contributed by atoms with E-state index in [0.29, 0.717) is 18.2 Å². The highest BCUT2D eigenvalue weighted by molar-refractivity contribution is 5.50. The maximum Gasteiger partial charge on any atom is 0.146 e. The monoisotopic (exact) mass is 246 g/mol. The molecule has 0 amide bonds. The molecule has 18 heavy (non-hydrogen) atoms. The molecule has 0 aromatic heterocycles. The molecule has 1 aromatic rings. The largest absolute Gasteiger partial charge is 0.358 e.